The van der Waals surface area contributed by atoms with Crippen LogP contribution in [0, 0.1) is 0 Å². The molecule has 0 aromatic rings. The minimum absolute atomic E-state index is 0.184. The van der Waals surface area contributed by atoms with E-state index in [9.17, 15) is 30.3 Å². The van der Waals surface area contributed by atoms with E-state index >= 15 is 0 Å². The van der Waals surface area contributed by atoms with Gasteiger partial charge in [0.2, 0.25) is 5.91 Å². The van der Waals surface area contributed by atoms with Gasteiger partial charge in [-0.2, -0.15) is 0 Å². The Morgan fingerprint density at radius 2 is 0.939 bits per heavy atom. The summed E-state index contributed by atoms with van der Waals surface area (Å²) in [5.41, 5.74) is 0. The largest absolute Gasteiger partial charge is 0.394 e. The molecule has 9 nitrogen and oxygen atoms in total. The monoisotopic (exact) mass is 930 g/mol. The first-order valence-corrected chi connectivity index (χ1v) is 27.5. The molecule has 1 fully saturated rings. The van der Waals surface area contributed by atoms with E-state index in [0.717, 1.165) is 64.2 Å². The maximum Gasteiger partial charge on any atom is 0.220 e. The van der Waals surface area contributed by atoms with Crippen molar-refractivity contribution in [2.45, 2.75) is 281 Å². The Labute approximate surface area is 405 Å². The van der Waals surface area contributed by atoms with E-state index in [2.05, 4.69) is 67.8 Å². The SMILES string of the molecule is CC/C=C\C/C=C\C/C=C\C/C=C\CCCCCCCCCCCCCCCCCCCCCCCCCCCCC(=O)NC(COC1OC(CO)C(O)C(O)C1O)C(O)/C=C/CCCC. The topological polar surface area (TPSA) is 149 Å². The van der Waals surface area contributed by atoms with Gasteiger partial charge in [0.25, 0.3) is 0 Å². The molecule has 1 amide bonds. The molecule has 66 heavy (non-hydrogen) atoms. The minimum Gasteiger partial charge on any atom is -0.394 e. The lowest BCUT2D eigenvalue weighted by Gasteiger charge is -2.40. The predicted octanol–water partition coefficient (Wildman–Crippen LogP) is 13.1. The summed E-state index contributed by atoms with van der Waals surface area (Å²) in [6.45, 7) is 3.51. The Morgan fingerprint density at radius 1 is 0.530 bits per heavy atom. The standard InChI is InChI=1S/C57H103NO8/c1-3-5-7-9-10-11-12-13-14-15-16-17-18-19-20-21-22-23-24-25-26-27-28-29-30-31-32-33-34-35-36-37-38-39-40-41-42-43-45-47-53(61)58-50(51(60)46-44-8-6-4-2)49-65-57-56(64)55(63)54(62)52(48-59)66-57/h5,7,10-11,13-14,16-17,44,46,50-52,54-57,59-60,62-64H,3-4,6,8-9,12,15,18-43,45,47-49H2,1-2H3,(H,58,61)/b7-5-,11-10-,14-13-,17-16-,46-44+. The van der Waals surface area contributed by atoms with Gasteiger partial charge < -0.3 is 40.3 Å². The molecule has 7 unspecified atom stereocenters. The van der Waals surface area contributed by atoms with Crippen molar-refractivity contribution in [3.63, 3.8) is 0 Å². The summed E-state index contributed by atoms with van der Waals surface area (Å²) < 4.78 is 11.1. The molecule has 0 radical (unpaired) electrons. The van der Waals surface area contributed by atoms with Gasteiger partial charge in [-0.1, -0.05) is 242 Å². The highest BCUT2D eigenvalue weighted by molar-refractivity contribution is 5.76. The van der Waals surface area contributed by atoms with Crippen molar-refractivity contribution in [1.82, 2.24) is 5.32 Å². The predicted molar refractivity (Wildman–Crippen MR) is 276 cm³/mol. The molecular weight excluding hydrogens is 827 g/mol. The van der Waals surface area contributed by atoms with Crippen molar-refractivity contribution in [2.75, 3.05) is 13.2 Å². The quantitative estimate of drug-likeness (QED) is 0.0261. The van der Waals surface area contributed by atoms with Crippen molar-refractivity contribution in [3.8, 4) is 0 Å². The molecule has 0 bridgehead atoms. The Morgan fingerprint density at radius 3 is 1.38 bits per heavy atom. The van der Waals surface area contributed by atoms with Crippen LogP contribution in [0.1, 0.15) is 239 Å². The van der Waals surface area contributed by atoms with Crippen LogP contribution in [0.25, 0.3) is 0 Å². The number of hydrogen-bond acceptors (Lipinski definition) is 8. The van der Waals surface area contributed by atoms with Crippen LogP contribution in [0.4, 0.5) is 0 Å². The molecule has 1 saturated heterocycles. The third-order valence-electron chi connectivity index (χ3n) is 12.8. The van der Waals surface area contributed by atoms with E-state index in [1.807, 2.05) is 6.08 Å². The first kappa shape index (κ1) is 61.9. The third-order valence-corrected chi connectivity index (χ3v) is 12.8. The molecule has 0 aromatic heterocycles. The molecule has 1 aliphatic heterocycles. The molecule has 7 atom stereocenters. The fourth-order valence-corrected chi connectivity index (χ4v) is 8.49. The van der Waals surface area contributed by atoms with E-state index in [1.165, 1.54) is 154 Å². The fraction of sp³-hybridized carbons (Fsp3) is 0.807. The highest BCUT2D eigenvalue weighted by Crippen LogP contribution is 2.23. The third kappa shape index (κ3) is 36.0. The van der Waals surface area contributed by atoms with E-state index in [1.54, 1.807) is 6.08 Å². The maximum atomic E-state index is 12.8. The van der Waals surface area contributed by atoms with Crippen LogP contribution in [0.15, 0.2) is 60.8 Å². The van der Waals surface area contributed by atoms with Crippen molar-refractivity contribution in [2.24, 2.45) is 0 Å². The number of amides is 1. The Hall–Kier alpha value is -2.11. The second kappa shape index (κ2) is 46.6. The van der Waals surface area contributed by atoms with Gasteiger partial charge >= 0.3 is 0 Å². The molecule has 384 valence electrons. The molecule has 0 spiro atoms. The number of aliphatic hydroxyl groups is 5. The number of carbonyl (C=O) groups excluding carboxylic acids is 1. The number of rotatable bonds is 46. The lowest BCUT2D eigenvalue weighted by molar-refractivity contribution is -0.302. The molecule has 6 N–H and O–H groups in total. The van der Waals surface area contributed by atoms with Gasteiger partial charge in [0, 0.05) is 6.42 Å². The fourth-order valence-electron chi connectivity index (χ4n) is 8.49. The van der Waals surface area contributed by atoms with Gasteiger partial charge in [-0.3, -0.25) is 4.79 Å². The van der Waals surface area contributed by atoms with Gasteiger partial charge in [0.1, 0.15) is 24.4 Å². The highest BCUT2D eigenvalue weighted by atomic mass is 16.7. The molecule has 0 saturated carbocycles. The van der Waals surface area contributed by atoms with Crippen LogP contribution >= 0.6 is 0 Å². The second-order valence-corrected chi connectivity index (χ2v) is 19.0. The Bertz CT molecular complexity index is 1220. The number of ether oxygens (including phenoxy) is 2. The summed E-state index contributed by atoms with van der Waals surface area (Å²) in [5, 5.41) is 53.7. The molecule has 1 heterocycles. The van der Waals surface area contributed by atoms with Crippen molar-refractivity contribution in [3.05, 3.63) is 60.8 Å². The van der Waals surface area contributed by atoms with Crippen LogP contribution in [-0.2, 0) is 14.3 Å². The summed E-state index contributed by atoms with van der Waals surface area (Å²) in [6, 6.07) is -0.799. The number of unbranched alkanes of at least 4 members (excludes halogenated alkanes) is 28. The van der Waals surface area contributed by atoms with Crippen LogP contribution in [0.2, 0.25) is 0 Å². The second-order valence-electron chi connectivity index (χ2n) is 19.0. The van der Waals surface area contributed by atoms with E-state index in [4.69, 9.17) is 9.47 Å². The Balaban J connectivity index is 1.91. The zero-order valence-corrected chi connectivity index (χ0v) is 42.4. The van der Waals surface area contributed by atoms with Gasteiger partial charge in [-0.15, -0.1) is 0 Å². The highest BCUT2D eigenvalue weighted by Gasteiger charge is 2.44. The molecule has 1 aliphatic rings. The minimum atomic E-state index is -1.56. The lowest BCUT2D eigenvalue weighted by atomic mass is 9.99. The number of aliphatic hydroxyl groups excluding tert-OH is 5. The first-order chi connectivity index (χ1) is 32.3. The van der Waals surface area contributed by atoms with E-state index < -0.39 is 49.5 Å². The van der Waals surface area contributed by atoms with Crippen molar-refractivity contribution >= 4 is 5.91 Å². The number of allylic oxidation sites excluding steroid dienone is 9. The molecule has 0 aromatic carbocycles. The smallest absolute Gasteiger partial charge is 0.220 e. The van der Waals surface area contributed by atoms with Gasteiger partial charge in [0.05, 0.1) is 25.4 Å². The maximum absolute atomic E-state index is 12.8. The summed E-state index contributed by atoms with van der Waals surface area (Å²) in [6.07, 6.45) is 56.9. The van der Waals surface area contributed by atoms with Crippen LogP contribution in [0.5, 0.6) is 0 Å². The van der Waals surface area contributed by atoms with Crippen molar-refractivity contribution in [1.29, 1.82) is 0 Å². The van der Waals surface area contributed by atoms with Gasteiger partial charge in [-0.25, -0.2) is 0 Å². The van der Waals surface area contributed by atoms with E-state index in [-0.39, 0.29) is 12.5 Å². The summed E-state index contributed by atoms with van der Waals surface area (Å²) >= 11 is 0. The summed E-state index contributed by atoms with van der Waals surface area (Å²) in [7, 11) is 0. The molecule has 9 heteroatoms. The van der Waals surface area contributed by atoms with E-state index in [0.29, 0.717) is 6.42 Å². The average Bonchev–Trinajstić information content (AvgIpc) is 3.32. The average molecular weight is 930 g/mol. The number of carbonyl (C=O) groups is 1. The Kier molecular flexibility index (Phi) is 43.7. The van der Waals surface area contributed by atoms with Crippen LogP contribution < -0.4 is 5.32 Å². The lowest BCUT2D eigenvalue weighted by Crippen LogP contribution is -2.60. The normalized spacial score (nSPS) is 20.3. The summed E-state index contributed by atoms with van der Waals surface area (Å²) in [4.78, 5) is 12.8. The number of nitrogens with one attached hydrogen (secondary N) is 1. The zero-order valence-electron chi connectivity index (χ0n) is 42.4. The molecule has 0 aliphatic carbocycles. The molecular formula is C57H103NO8. The van der Waals surface area contributed by atoms with Crippen molar-refractivity contribution < 1.29 is 39.8 Å². The van der Waals surface area contributed by atoms with Crippen LogP contribution in [0.3, 0.4) is 0 Å². The number of hydrogen-bond donors (Lipinski definition) is 6. The van der Waals surface area contributed by atoms with Gasteiger partial charge in [-0.05, 0) is 51.4 Å². The first-order valence-electron chi connectivity index (χ1n) is 27.5. The molecule has 1 rings (SSSR count). The van der Waals surface area contributed by atoms with Crippen LogP contribution in [-0.4, -0.2) is 87.5 Å². The summed E-state index contributed by atoms with van der Waals surface area (Å²) in [5.74, 6) is -0.184. The van der Waals surface area contributed by atoms with Gasteiger partial charge in [0.15, 0.2) is 6.29 Å². The zero-order chi connectivity index (χ0) is 48.0.